The van der Waals surface area contributed by atoms with Crippen molar-refractivity contribution >= 4 is 23.6 Å². The van der Waals surface area contributed by atoms with Gasteiger partial charge in [-0.05, 0) is 141 Å². The van der Waals surface area contributed by atoms with E-state index in [1.165, 1.54) is 5.57 Å². The fourth-order valence-electron chi connectivity index (χ4n) is 15.1. The third kappa shape index (κ3) is 6.85. The number of Topliss-reactive ketones (excluding diaryl/α,β-unsaturated/α-hetero) is 1. The lowest BCUT2D eigenvalue weighted by atomic mass is 9.33. The number of fused-ring (bicyclic) bond motifs is 7. The summed E-state index contributed by atoms with van der Waals surface area (Å²) in [4.78, 5) is 58.1. The van der Waals surface area contributed by atoms with Crippen molar-refractivity contribution in [2.45, 2.75) is 159 Å². The van der Waals surface area contributed by atoms with Crippen LogP contribution in [0.15, 0.2) is 17.2 Å². The van der Waals surface area contributed by atoms with Crippen LogP contribution in [-0.4, -0.2) is 88.6 Å². The summed E-state index contributed by atoms with van der Waals surface area (Å²) in [6.07, 6.45) is 9.81. The largest absolute Gasteiger partial charge is 0.481 e. The standard InChI is InChI=1S/C50H78N4O6/c1-29(2)34-27-35(52-51-34)42(56)54(25-24-53(12)13)23-22-50-21-20-48(10)31(41(50)40(30(3)4)36(55)28-50)14-15-38-47(9)18-17-39(46(7,8)37(47)16-19-49(38,48)11)60-44(59)33-26-32(43(57)58)45(33,5)6/h27,29-33,37-39H,14-26,28H2,1-13H3,(H,51,52)(H,57,58)/t31-,32+,33-,37+,38-,39+,47+,48-,49-,50-/m1/s1. The van der Waals surface area contributed by atoms with Crippen LogP contribution in [0, 0.1) is 68.0 Å². The molecule has 0 spiro atoms. The molecule has 0 saturated heterocycles. The van der Waals surface area contributed by atoms with E-state index in [9.17, 15) is 24.3 Å². The van der Waals surface area contributed by atoms with E-state index in [-0.39, 0.29) is 62.8 Å². The van der Waals surface area contributed by atoms with Crippen molar-refractivity contribution < 1.29 is 29.0 Å². The van der Waals surface area contributed by atoms with Crippen LogP contribution in [0.4, 0.5) is 0 Å². The molecule has 10 nitrogen and oxygen atoms in total. The number of allylic oxidation sites excluding steroid dienone is 2. The van der Waals surface area contributed by atoms with E-state index in [1.54, 1.807) is 0 Å². The van der Waals surface area contributed by atoms with Gasteiger partial charge in [-0.3, -0.25) is 24.3 Å². The molecule has 0 unspecified atom stereocenters. The molecule has 5 fully saturated rings. The predicted octanol–water partition coefficient (Wildman–Crippen LogP) is 9.57. The van der Waals surface area contributed by atoms with E-state index in [0.717, 1.165) is 75.6 Å². The highest BCUT2D eigenvalue weighted by molar-refractivity contribution is 6.00. The number of ketones is 1. The lowest BCUT2D eigenvalue weighted by Crippen LogP contribution is -2.66. The predicted molar refractivity (Wildman–Crippen MR) is 234 cm³/mol. The average molecular weight is 831 g/mol. The van der Waals surface area contributed by atoms with Crippen LogP contribution in [0.1, 0.15) is 169 Å². The molecule has 0 bridgehead atoms. The van der Waals surface area contributed by atoms with E-state index in [4.69, 9.17) is 4.74 Å². The van der Waals surface area contributed by atoms with Crippen LogP contribution < -0.4 is 0 Å². The molecule has 2 N–H and O–H groups in total. The summed E-state index contributed by atoms with van der Waals surface area (Å²) < 4.78 is 6.45. The number of carbonyl (C=O) groups is 4. The number of aliphatic carboxylic acids is 1. The Bertz CT molecular complexity index is 1910. The van der Waals surface area contributed by atoms with Gasteiger partial charge in [-0.2, -0.15) is 5.10 Å². The zero-order valence-electron chi connectivity index (χ0n) is 39.4. The Morgan fingerprint density at radius 3 is 2.13 bits per heavy atom. The van der Waals surface area contributed by atoms with Crippen molar-refractivity contribution in [1.29, 1.82) is 0 Å². The minimum atomic E-state index is -0.827. The molecule has 6 aliphatic rings. The minimum absolute atomic E-state index is 0.0279. The van der Waals surface area contributed by atoms with E-state index in [0.29, 0.717) is 55.2 Å². The second-order valence-corrected chi connectivity index (χ2v) is 23.5. The molecule has 1 aromatic heterocycles. The first-order chi connectivity index (χ1) is 27.9. The smallest absolute Gasteiger partial charge is 0.309 e. The lowest BCUT2D eigenvalue weighted by Gasteiger charge is -2.72. The van der Waals surface area contributed by atoms with Gasteiger partial charge < -0.3 is 19.6 Å². The Morgan fingerprint density at radius 2 is 1.53 bits per heavy atom. The number of carboxylic acids is 1. The SMILES string of the molecule is CC(C)C1=C2[C@H]3CC[C@@H]4[C@@]5(C)CC[C@H](OC(=O)[C@H]6C[C@@H](C(=O)O)C6(C)C)C(C)(C)[C@@H]5CC[C@@]4(C)[C@]3(C)CC[C@@]2(CCN(CCN(C)C)C(=O)c2cc(C(C)C)[nH]n2)CC1=O. The van der Waals surface area contributed by atoms with E-state index in [1.807, 2.05) is 38.9 Å². The first-order valence-electron chi connectivity index (χ1n) is 23.6. The molecule has 10 heteroatoms. The number of ether oxygens (including phenoxy) is 1. The highest BCUT2D eigenvalue weighted by Crippen LogP contribution is 2.77. The number of carbonyl (C=O) groups excluding carboxylic acids is 3. The van der Waals surface area contributed by atoms with Crippen LogP contribution >= 0.6 is 0 Å². The molecule has 334 valence electrons. The summed E-state index contributed by atoms with van der Waals surface area (Å²) in [7, 11) is 4.09. The van der Waals surface area contributed by atoms with Crippen molar-refractivity contribution in [1.82, 2.24) is 20.0 Å². The van der Waals surface area contributed by atoms with Crippen molar-refractivity contribution in [2.24, 2.45) is 68.0 Å². The molecule has 1 aromatic rings. The summed E-state index contributed by atoms with van der Waals surface area (Å²) in [5, 5.41) is 17.2. The second-order valence-electron chi connectivity index (χ2n) is 23.5. The Morgan fingerprint density at radius 1 is 0.833 bits per heavy atom. The fourth-order valence-corrected chi connectivity index (χ4v) is 15.1. The number of rotatable bonds is 12. The molecule has 1 amide bonds. The van der Waals surface area contributed by atoms with Crippen LogP contribution in [0.25, 0.3) is 0 Å². The number of aromatic amines is 1. The van der Waals surface area contributed by atoms with Crippen molar-refractivity contribution in [3.63, 3.8) is 0 Å². The monoisotopic (exact) mass is 831 g/mol. The third-order valence-corrected chi connectivity index (χ3v) is 19.0. The Kier molecular flexibility index (Phi) is 11.5. The van der Waals surface area contributed by atoms with Crippen LogP contribution in [0.2, 0.25) is 0 Å². The van der Waals surface area contributed by atoms with Crippen LogP contribution in [0.5, 0.6) is 0 Å². The zero-order chi connectivity index (χ0) is 44.1. The second kappa shape index (κ2) is 15.4. The average Bonchev–Trinajstić information content (AvgIpc) is 3.76. The van der Waals surface area contributed by atoms with Crippen LogP contribution in [0.3, 0.4) is 0 Å². The van der Waals surface area contributed by atoms with Gasteiger partial charge in [-0.1, -0.05) is 81.7 Å². The number of likely N-dealkylation sites (N-methyl/N-ethyl adjacent to an activating group) is 1. The zero-order valence-corrected chi connectivity index (χ0v) is 39.4. The highest BCUT2D eigenvalue weighted by atomic mass is 16.5. The number of esters is 1. The van der Waals surface area contributed by atoms with E-state index < -0.39 is 17.3 Å². The van der Waals surface area contributed by atoms with Crippen molar-refractivity contribution in [3.8, 4) is 0 Å². The molecule has 0 aromatic carbocycles. The van der Waals surface area contributed by atoms with Crippen molar-refractivity contribution in [3.05, 3.63) is 28.6 Å². The maximum Gasteiger partial charge on any atom is 0.309 e. The number of carboxylic acid groups (broad SMARTS) is 1. The normalized spacial score (nSPS) is 37.9. The molecule has 6 aliphatic carbocycles. The molecule has 60 heavy (non-hydrogen) atoms. The lowest BCUT2D eigenvalue weighted by molar-refractivity contribution is -0.236. The molecular weight excluding hydrogens is 753 g/mol. The number of aromatic nitrogens is 2. The van der Waals surface area contributed by atoms with Gasteiger partial charge in [-0.25, -0.2) is 0 Å². The number of hydrogen-bond acceptors (Lipinski definition) is 7. The van der Waals surface area contributed by atoms with Gasteiger partial charge in [0.25, 0.3) is 5.91 Å². The first kappa shape index (κ1) is 45.0. The fraction of sp³-hybridized carbons (Fsp3) is 0.820. The molecule has 7 rings (SSSR count). The number of amides is 1. The minimum Gasteiger partial charge on any atom is -0.481 e. The summed E-state index contributed by atoms with van der Waals surface area (Å²) >= 11 is 0. The summed E-state index contributed by atoms with van der Waals surface area (Å²) in [6, 6.07) is 1.91. The first-order valence-corrected chi connectivity index (χ1v) is 23.6. The maximum atomic E-state index is 14.4. The number of H-pyrrole nitrogens is 1. The number of nitrogens with one attached hydrogen (secondary N) is 1. The van der Waals surface area contributed by atoms with Gasteiger partial charge >= 0.3 is 11.9 Å². The van der Waals surface area contributed by atoms with Gasteiger partial charge in [0, 0.05) is 42.6 Å². The maximum absolute atomic E-state index is 14.4. The molecule has 5 saturated carbocycles. The van der Waals surface area contributed by atoms with Gasteiger partial charge in [-0.15, -0.1) is 0 Å². The number of nitrogens with zero attached hydrogens (tertiary/aromatic N) is 3. The van der Waals surface area contributed by atoms with E-state index in [2.05, 4.69) is 77.4 Å². The molecule has 10 atom stereocenters. The highest BCUT2D eigenvalue weighted by Gasteiger charge is 2.70. The molecular formula is C50H78N4O6. The quantitative estimate of drug-likeness (QED) is 0.199. The summed E-state index contributed by atoms with van der Waals surface area (Å²) in [6.45, 7) is 26.8. The molecule has 0 radical (unpaired) electrons. The summed E-state index contributed by atoms with van der Waals surface area (Å²) in [5.74, 6) is -0.0148. The topological polar surface area (TPSA) is 133 Å². The van der Waals surface area contributed by atoms with Gasteiger partial charge in [0.15, 0.2) is 5.78 Å². The molecule has 0 aliphatic heterocycles. The van der Waals surface area contributed by atoms with E-state index >= 15 is 0 Å². The Hall–Kier alpha value is -3.01. The molecule has 1 heterocycles. The Labute approximate surface area is 360 Å². The Balaban J connectivity index is 1.14. The van der Waals surface area contributed by atoms with Gasteiger partial charge in [0.1, 0.15) is 11.8 Å². The number of hydrogen-bond donors (Lipinski definition) is 2. The van der Waals surface area contributed by atoms with Gasteiger partial charge in [0.05, 0.1) is 11.8 Å². The van der Waals surface area contributed by atoms with Crippen LogP contribution in [-0.2, 0) is 19.1 Å². The third-order valence-electron chi connectivity index (χ3n) is 19.0. The van der Waals surface area contributed by atoms with Crippen molar-refractivity contribution in [2.75, 3.05) is 33.7 Å². The summed E-state index contributed by atoms with van der Waals surface area (Å²) in [5.41, 5.74) is 3.10. The van der Waals surface area contributed by atoms with Gasteiger partial charge in [0.2, 0.25) is 0 Å².